The Morgan fingerprint density at radius 2 is 1.60 bits per heavy atom. The van der Waals surface area contributed by atoms with Crippen LogP contribution in [0.2, 0.25) is 0 Å². The third-order valence-corrected chi connectivity index (χ3v) is 7.84. The number of nitriles is 1. The number of carbonyl (C=O) groups excluding carboxylic acids is 1. The lowest BCUT2D eigenvalue weighted by Crippen LogP contribution is -2.59. The average Bonchev–Trinajstić information content (AvgIpc) is 3.20. The second kappa shape index (κ2) is 8.47. The van der Waals surface area contributed by atoms with E-state index < -0.39 is 5.60 Å². The zero-order valence-electron chi connectivity index (χ0n) is 19.3. The van der Waals surface area contributed by atoms with Crippen LogP contribution in [-0.2, 0) is 10.3 Å². The van der Waals surface area contributed by atoms with Crippen molar-refractivity contribution in [1.82, 2.24) is 14.9 Å². The van der Waals surface area contributed by atoms with Gasteiger partial charge in [0, 0.05) is 48.8 Å². The summed E-state index contributed by atoms with van der Waals surface area (Å²) < 4.78 is 5.96. The summed E-state index contributed by atoms with van der Waals surface area (Å²) >= 11 is 0. The van der Waals surface area contributed by atoms with Crippen molar-refractivity contribution in [2.45, 2.75) is 55.7 Å². The molecule has 7 nitrogen and oxygen atoms in total. The zero-order chi connectivity index (χ0) is 24.0. The van der Waals surface area contributed by atoms with Gasteiger partial charge >= 0.3 is 6.09 Å². The first kappa shape index (κ1) is 21.8. The van der Waals surface area contributed by atoms with Gasteiger partial charge in [-0.05, 0) is 41.5 Å². The maximum absolute atomic E-state index is 13.4. The van der Waals surface area contributed by atoms with Gasteiger partial charge < -0.3 is 14.7 Å². The average molecular weight is 467 g/mol. The van der Waals surface area contributed by atoms with Crippen LogP contribution in [0.3, 0.4) is 0 Å². The minimum atomic E-state index is -1.12. The van der Waals surface area contributed by atoms with Crippen LogP contribution in [0.4, 0.5) is 4.79 Å². The molecule has 2 aliphatic heterocycles. The SMILES string of the molecule is N#Cc1ncc(C2(O)CC3CCCC(C2)N3C(=O)OCC2c3ccccc3-c3ccccc32)cn1. The highest BCUT2D eigenvalue weighted by Gasteiger charge is 2.49. The fourth-order valence-electron chi connectivity index (χ4n) is 6.26. The molecular weight excluding hydrogens is 440 g/mol. The van der Waals surface area contributed by atoms with E-state index in [9.17, 15) is 9.90 Å². The van der Waals surface area contributed by atoms with E-state index >= 15 is 0 Å². The van der Waals surface area contributed by atoms with Crippen LogP contribution in [0.25, 0.3) is 11.1 Å². The molecule has 2 aromatic carbocycles. The van der Waals surface area contributed by atoms with E-state index in [-0.39, 0.29) is 36.5 Å². The lowest BCUT2D eigenvalue weighted by atomic mass is 9.73. The monoisotopic (exact) mass is 466 g/mol. The number of amides is 1. The van der Waals surface area contributed by atoms with Crippen LogP contribution in [-0.4, -0.2) is 44.8 Å². The summed E-state index contributed by atoms with van der Waals surface area (Å²) in [6.45, 7) is 0.288. The minimum Gasteiger partial charge on any atom is -0.448 e. The van der Waals surface area contributed by atoms with Gasteiger partial charge in [-0.15, -0.1) is 0 Å². The van der Waals surface area contributed by atoms with Crippen molar-refractivity contribution in [3.05, 3.63) is 83.4 Å². The highest BCUT2D eigenvalue weighted by atomic mass is 16.6. The number of benzene rings is 2. The number of hydrogen-bond donors (Lipinski definition) is 1. The lowest BCUT2D eigenvalue weighted by Gasteiger charge is -2.51. The molecule has 3 aromatic rings. The maximum atomic E-state index is 13.4. The number of aromatic nitrogens is 2. The molecule has 2 bridgehead atoms. The number of piperidine rings is 2. The molecule has 2 atom stereocenters. The molecule has 176 valence electrons. The van der Waals surface area contributed by atoms with Gasteiger partial charge in [0.05, 0.1) is 5.60 Å². The normalized spacial score (nSPS) is 24.9. The summed E-state index contributed by atoms with van der Waals surface area (Å²) in [6.07, 6.45) is 6.23. The molecule has 35 heavy (non-hydrogen) atoms. The van der Waals surface area contributed by atoms with Crippen LogP contribution in [0.5, 0.6) is 0 Å². The molecule has 3 heterocycles. The summed E-state index contributed by atoms with van der Waals surface area (Å²) in [6, 6.07) is 18.3. The van der Waals surface area contributed by atoms with Gasteiger partial charge in [-0.3, -0.25) is 0 Å². The zero-order valence-corrected chi connectivity index (χ0v) is 19.3. The van der Waals surface area contributed by atoms with Gasteiger partial charge in [-0.2, -0.15) is 5.26 Å². The Hall–Kier alpha value is -3.76. The van der Waals surface area contributed by atoms with Crippen molar-refractivity contribution in [1.29, 1.82) is 5.26 Å². The van der Waals surface area contributed by atoms with Crippen molar-refractivity contribution in [3.8, 4) is 17.2 Å². The Bertz CT molecular complexity index is 1260. The van der Waals surface area contributed by atoms with Crippen LogP contribution in [0, 0.1) is 11.3 Å². The molecular formula is C28H26N4O3. The number of carbonyl (C=O) groups is 1. The summed E-state index contributed by atoms with van der Waals surface area (Å²) in [5, 5.41) is 20.5. The molecule has 2 fully saturated rings. The molecule has 1 aromatic heterocycles. The Kier molecular flexibility index (Phi) is 5.27. The second-order valence-corrected chi connectivity index (χ2v) is 9.80. The molecule has 1 aliphatic carbocycles. The van der Waals surface area contributed by atoms with Crippen LogP contribution >= 0.6 is 0 Å². The second-order valence-electron chi connectivity index (χ2n) is 9.80. The summed E-state index contributed by atoms with van der Waals surface area (Å²) in [5.41, 5.74) is 4.26. The fourth-order valence-corrected chi connectivity index (χ4v) is 6.26. The topological polar surface area (TPSA) is 99.3 Å². The van der Waals surface area contributed by atoms with Gasteiger partial charge in [0.25, 0.3) is 0 Å². The molecule has 2 saturated heterocycles. The number of aliphatic hydroxyl groups is 1. The molecule has 6 rings (SSSR count). The first-order valence-corrected chi connectivity index (χ1v) is 12.2. The summed E-state index contributed by atoms with van der Waals surface area (Å²) in [4.78, 5) is 23.3. The molecule has 0 radical (unpaired) electrons. The molecule has 2 unspecified atom stereocenters. The van der Waals surface area contributed by atoms with E-state index in [4.69, 9.17) is 10.00 Å². The highest BCUT2D eigenvalue weighted by Crippen LogP contribution is 2.46. The minimum absolute atomic E-state index is 0.0173. The Balaban J connectivity index is 1.20. The molecule has 0 spiro atoms. The number of ether oxygens (including phenoxy) is 1. The van der Waals surface area contributed by atoms with Crippen molar-refractivity contribution in [2.24, 2.45) is 0 Å². The van der Waals surface area contributed by atoms with Crippen molar-refractivity contribution < 1.29 is 14.6 Å². The summed E-state index contributed by atoms with van der Waals surface area (Å²) in [5.74, 6) is 0.0947. The molecule has 0 saturated carbocycles. The quantitative estimate of drug-likeness (QED) is 0.610. The Morgan fingerprint density at radius 3 is 2.17 bits per heavy atom. The van der Waals surface area contributed by atoms with Gasteiger partial charge in [0.15, 0.2) is 0 Å². The lowest BCUT2D eigenvalue weighted by molar-refractivity contribution is -0.0894. The standard InChI is InChI=1S/C28H26N4O3/c29-14-26-30-15-18(16-31-26)28(34)12-19-6-5-7-20(13-28)32(19)27(33)35-17-25-23-10-3-1-8-21(23)22-9-2-4-11-24(22)25/h1-4,8-11,15-16,19-20,25,34H,5-7,12-13,17H2. The number of nitrogens with zero attached hydrogens (tertiary/aromatic N) is 4. The molecule has 7 heteroatoms. The Labute approximate surface area is 204 Å². The number of fused-ring (bicyclic) bond motifs is 5. The third-order valence-electron chi connectivity index (χ3n) is 7.84. The fraction of sp³-hybridized carbons (Fsp3) is 0.357. The van der Waals surface area contributed by atoms with E-state index in [1.54, 1.807) is 0 Å². The van der Waals surface area contributed by atoms with Gasteiger partial charge in [-0.25, -0.2) is 14.8 Å². The predicted octanol–water partition coefficient (Wildman–Crippen LogP) is 4.50. The molecule has 1 N–H and O–H groups in total. The van der Waals surface area contributed by atoms with Gasteiger partial charge in [0.2, 0.25) is 5.82 Å². The first-order valence-electron chi connectivity index (χ1n) is 12.2. The highest BCUT2D eigenvalue weighted by molar-refractivity contribution is 5.79. The van der Waals surface area contributed by atoms with Crippen molar-refractivity contribution in [3.63, 3.8) is 0 Å². The van der Waals surface area contributed by atoms with E-state index in [2.05, 4.69) is 34.2 Å². The molecule has 1 amide bonds. The van der Waals surface area contributed by atoms with E-state index in [0.717, 1.165) is 19.3 Å². The van der Waals surface area contributed by atoms with Gasteiger partial charge in [0.1, 0.15) is 12.7 Å². The van der Waals surface area contributed by atoms with Crippen molar-refractivity contribution >= 4 is 6.09 Å². The van der Waals surface area contributed by atoms with Crippen LogP contribution in [0.1, 0.15) is 60.5 Å². The van der Waals surface area contributed by atoms with Gasteiger partial charge in [-0.1, -0.05) is 48.5 Å². The predicted molar refractivity (Wildman–Crippen MR) is 128 cm³/mol. The van der Waals surface area contributed by atoms with Crippen molar-refractivity contribution in [2.75, 3.05) is 6.61 Å². The van der Waals surface area contributed by atoms with Crippen LogP contribution in [0.15, 0.2) is 60.9 Å². The third kappa shape index (κ3) is 3.65. The number of rotatable bonds is 3. The Morgan fingerprint density at radius 1 is 1.03 bits per heavy atom. The number of hydrogen-bond acceptors (Lipinski definition) is 6. The maximum Gasteiger partial charge on any atom is 0.410 e. The summed E-state index contributed by atoms with van der Waals surface area (Å²) in [7, 11) is 0. The van der Waals surface area contributed by atoms with E-state index in [1.807, 2.05) is 35.2 Å². The van der Waals surface area contributed by atoms with E-state index in [1.165, 1.54) is 34.6 Å². The smallest absolute Gasteiger partial charge is 0.410 e. The molecule has 3 aliphatic rings. The van der Waals surface area contributed by atoms with E-state index in [0.29, 0.717) is 18.4 Å². The first-order chi connectivity index (χ1) is 17.1. The largest absolute Gasteiger partial charge is 0.448 e. The van der Waals surface area contributed by atoms with Crippen LogP contribution < -0.4 is 0 Å².